The fourth-order valence-corrected chi connectivity index (χ4v) is 3.19. The van der Waals surface area contributed by atoms with Gasteiger partial charge in [-0.15, -0.1) is 12.4 Å². The summed E-state index contributed by atoms with van der Waals surface area (Å²) < 4.78 is 10.7. The van der Waals surface area contributed by atoms with Gasteiger partial charge in [-0.05, 0) is 12.1 Å². The first-order valence-electron chi connectivity index (χ1n) is 6.64. The Kier molecular flexibility index (Phi) is 5.90. The van der Waals surface area contributed by atoms with Crippen LogP contribution in [0, 0.1) is 0 Å². The molecule has 0 bridgehead atoms. The number of methoxy groups -OCH3 is 1. The van der Waals surface area contributed by atoms with Crippen LogP contribution < -0.4 is 10.1 Å². The van der Waals surface area contributed by atoms with Crippen molar-refractivity contribution in [2.75, 3.05) is 25.2 Å². The molecule has 1 fully saturated rings. The molecule has 0 amide bonds. The number of ether oxygens (including phenoxy) is 1. The van der Waals surface area contributed by atoms with E-state index in [1.807, 2.05) is 36.0 Å². The summed E-state index contributed by atoms with van der Waals surface area (Å²) in [6, 6.07) is 8.10. The lowest BCUT2D eigenvalue weighted by atomic mass is 10.2. The van der Waals surface area contributed by atoms with Gasteiger partial charge in [0.1, 0.15) is 5.75 Å². The molecule has 1 aromatic heterocycles. The molecule has 1 N–H and O–H groups in total. The van der Waals surface area contributed by atoms with Crippen LogP contribution in [-0.2, 0) is 6.42 Å². The molecule has 1 aromatic carbocycles. The molecule has 21 heavy (non-hydrogen) atoms. The minimum absolute atomic E-state index is 0. The van der Waals surface area contributed by atoms with Crippen LogP contribution in [0.1, 0.15) is 5.89 Å². The molecule has 1 aliphatic rings. The molecule has 2 heterocycles. The lowest BCUT2D eigenvalue weighted by molar-refractivity contribution is 0.362. The molecule has 0 radical (unpaired) electrons. The maximum Gasteiger partial charge on any atom is 0.228 e. The van der Waals surface area contributed by atoms with Gasteiger partial charge in [-0.25, -0.2) is 0 Å². The lowest BCUT2D eigenvalue weighted by Gasteiger charge is -2.21. The second-order valence-electron chi connectivity index (χ2n) is 4.64. The van der Waals surface area contributed by atoms with Crippen LogP contribution in [0.25, 0.3) is 11.4 Å². The zero-order valence-electron chi connectivity index (χ0n) is 11.7. The Bertz CT molecular complexity index is 573. The molecule has 0 saturated carbocycles. The van der Waals surface area contributed by atoms with Crippen LogP contribution in [0.5, 0.6) is 5.75 Å². The van der Waals surface area contributed by atoms with Crippen LogP contribution in [0.2, 0.25) is 0 Å². The molecule has 1 saturated heterocycles. The van der Waals surface area contributed by atoms with Crippen molar-refractivity contribution in [1.29, 1.82) is 0 Å². The van der Waals surface area contributed by atoms with E-state index < -0.39 is 0 Å². The van der Waals surface area contributed by atoms with Gasteiger partial charge in [0.05, 0.1) is 12.7 Å². The highest BCUT2D eigenvalue weighted by Gasteiger charge is 2.18. The quantitative estimate of drug-likeness (QED) is 0.930. The van der Waals surface area contributed by atoms with Crippen molar-refractivity contribution >= 4 is 24.2 Å². The topological polar surface area (TPSA) is 60.2 Å². The predicted octanol–water partition coefficient (Wildman–Crippen LogP) is 2.41. The first kappa shape index (κ1) is 16.1. The second-order valence-corrected chi connectivity index (χ2v) is 5.79. The number of nitrogens with zero attached hydrogens (tertiary/aromatic N) is 2. The molecule has 1 aliphatic heterocycles. The van der Waals surface area contributed by atoms with E-state index in [1.54, 1.807) is 7.11 Å². The van der Waals surface area contributed by atoms with Gasteiger partial charge in [-0.1, -0.05) is 17.3 Å². The third-order valence-corrected chi connectivity index (χ3v) is 4.37. The molecule has 1 unspecified atom stereocenters. The van der Waals surface area contributed by atoms with Gasteiger partial charge in [0.15, 0.2) is 0 Å². The molecule has 0 spiro atoms. The predicted molar refractivity (Wildman–Crippen MR) is 86.4 cm³/mol. The van der Waals surface area contributed by atoms with Crippen molar-refractivity contribution in [3.63, 3.8) is 0 Å². The van der Waals surface area contributed by atoms with Crippen molar-refractivity contribution in [3.05, 3.63) is 30.2 Å². The monoisotopic (exact) mass is 327 g/mol. The molecule has 0 aliphatic carbocycles. The fraction of sp³-hybridized carbons (Fsp3) is 0.429. The highest BCUT2D eigenvalue weighted by Crippen LogP contribution is 2.27. The zero-order valence-corrected chi connectivity index (χ0v) is 13.4. The average molecular weight is 328 g/mol. The van der Waals surface area contributed by atoms with Gasteiger partial charge < -0.3 is 14.6 Å². The van der Waals surface area contributed by atoms with Gasteiger partial charge in [0, 0.05) is 30.5 Å². The van der Waals surface area contributed by atoms with Gasteiger partial charge in [0.25, 0.3) is 0 Å². The third-order valence-electron chi connectivity index (χ3n) is 3.24. The van der Waals surface area contributed by atoms with Gasteiger partial charge >= 0.3 is 0 Å². The number of benzene rings is 1. The van der Waals surface area contributed by atoms with Crippen molar-refractivity contribution in [2.24, 2.45) is 0 Å². The number of halogens is 1. The summed E-state index contributed by atoms with van der Waals surface area (Å²) in [5, 5.41) is 7.53. The Morgan fingerprint density at radius 2 is 2.29 bits per heavy atom. The van der Waals surface area contributed by atoms with E-state index in [-0.39, 0.29) is 12.4 Å². The van der Waals surface area contributed by atoms with E-state index in [1.165, 1.54) is 5.75 Å². The van der Waals surface area contributed by atoms with Crippen LogP contribution in [0.3, 0.4) is 0 Å². The number of thioether (sulfide) groups is 1. The summed E-state index contributed by atoms with van der Waals surface area (Å²) in [6.07, 6.45) is 0.773. The normalized spacial score (nSPS) is 18.0. The maximum absolute atomic E-state index is 5.36. The van der Waals surface area contributed by atoms with Crippen LogP contribution in [0.4, 0.5) is 0 Å². The Labute approximate surface area is 134 Å². The SMILES string of the molecule is COc1ccccc1-c1noc(CC2CSCCN2)n1.Cl. The first-order chi connectivity index (χ1) is 9.86. The number of hydrogen-bond donors (Lipinski definition) is 1. The molecular formula is C14H18ClN3O2S. The van der Waals surface area contributed by atoms with E-state index in [0.717, 1.165) is 30.0 Å². The molecule has 7 heteroatoms. The minimum atomic E-state index is 0. The number of nitrogens with one attached hydrogen (secondary N) is 1. The number of rotatable bonds is 4. The van der Waals surface area contributed by atoms with Crippen LogP contribution in [-0.4, -0.2) is 41.3 Å². The smallest absolute Gasteiger partial charge is 0.228 e. The Balaban J connectivity index is 0.00000161. The van der Waals surface area contributed by atoms with E-state index in [9.17, 15) is 0 Å². The first-order valence-corrected chi connectivity index (χ1v) is 7.79. The Morgan fingerprint density at radius 3 is 3.05 bits per heavy atom. The Morgan fingerprint density at radius 1 is 1.43 bits per heavy atom. The number of aromatic nitrogens is 2. The highest BCUT2D eigenvalue weighted by atomic mass is 35.5. The molecular weight excluding hydrogens is 310 g/mol. The lowest BCUT2D eigenvalue weighted by Crippen LogP contribution is -2.38. The van der Waals surface area contributed by atoms with Crippen molar-refractivity contribution < 1.29 is 9.26 Å². The van der Waals surface area contributed by atoms with Gasteiger partial charge in [-0.2, -0.15) is 16.7 Å². The van der Waals surface area contributed by atoms with Crippen molar-refractivity contribution in [3.8, 4) is 17.1 Å². The van der Waals surface area contributed by atoms with Crippen molar-refractivity contribution in [2.45, 2.75) is 12.5 Å². The molecule has 1 atom stereocenters. The van der Waals surface area contributed by atoms with Crippen molar-refractivity contribution in [1.82, 2.24) is 15.5 Å². The second kappa shape index (κ2) is 7.68. The fourth-order valence-electron chi connectivity index (χ4n) is 2.24. The van der Waals surface area contributed by atoms with Gasteiger partial charge in [0.2, 0.25) is 11.7 Å². The summed E-state index contributed by atoms with van der Waals surface area (Å²) in [4.78, 5) is 4.48. The van der Waals surface area contributed by atoms with E-state index in [4.69, 9.17) is 9.26 Å². The summed E-state index contributed by atoms with van der Waals surface area (Å²) >= 11 is 1.96. The van der Waals surface area contributed by atoms with Crippen LogP contribution in [0.15, 0.2) is 28.8 Å². The summed E-state index contributed by atoms with van der Waals surface area (Å²) in [5.74, 6) is 4.28. The Hall–Kier alpha value is -1.24. The van der Waals surface area contributed by atoms with Crippen LogP contribution >= 0.6 is 24.2 Å². The maximum atomic E-state index is 5.36. The summed E-state index contributed by atoms with van der Waals surface area (Å²) in [5.41, 5.74) is 0.857. The molecule has 3 rings (SSSR count). The third kappa shape index (κ3) is 3.90. The standard InChI is InChI=1S/C14H17N3O2S.ClH/c1-18-12-5-3-2-4-11(12)14-16-13(19-17-14)8-10-9-20-7-6-15-10;/h2-5,10,15H,6-9H2,1H3;1H. The minimum Gasteiger partial charge on any atom is -0.496 e. The molecule has 5 nitrogen and oxygen atoms in total. The summed E-state index contributed by atoms with van der Waals surface area (Å²) in [6.45, 7) is 1.04. The number of para-hydroxylation sites is 1. The molecule has 2 aromatic rings. The average Bonchev–Trinajstić information content (AvgIpc) is 2.96. The van der Waals surface area contributed by atoms with E-state index in [2.05, 4.69) is 15.5 Å². The van der Waals surface area contributed by atoms with Gasteiger partial charge in [-0.3, -0.25) is 0 Å². The van der Waals surface area contributed by atoms with E-state index >= 15 is 0 Å². The zero-order chi connectivity index (χ0) is 13.8. The number of hydrogen-bond acceptors (Lipinski definition) is 6. The largest absolute Gasteiger partial charge is 0.496 e. The summed E-state index contributed by atoms with van der Waals surface area (Å²) in [7, 11) is 1.64. The highest BCUT2D eigenvalue weighted by molar-refractivity contribution is 7.99. The molecule has 114 valence electrons. The van der Waals surface area contributed by atoms with E-state index in [0.29, 0.717) is 17.8 Å².